The first-order chi connectivity index (χ1) is 4.70. The molecule has 3 heteroatoms. The van der Waals surface area contributed by atoms with Gasteiger partial charge in [-0.05, 0) is 12.3 Å². The monoisotopic (exact) mass is 141 g/mol. The molecule has 10 heavy (non-hydrogen) atoms. The number of carbonyl (C=O) groups excluding carboxylic acids is 1. The van der Waals surface area contributed by atoms with Crippen LogP contribution in [0.1, 0.15) is 19.8 Å². The first-order valence-corrected chi connectivity index (χ1v) is 3.68. The number of epoxide rings is 1. The first kappa shape index (κ1) is 6.16. The van der Waals surface area contributed by atoms with Gasteiger partial charge in [0.1, 0.15) is 6.10 Å². The van der Waals surface area contributed by atoms with E-state index in [0.29, 0.717) is 5.92 Å². The number of hydrogen-bond donors (Lipinski definition) is 1. The molecule has 1 saturated carbocycles. The number of carbonyl (C=O) groups is 1. The van der Waals surface area contributed by atoms with Crippen molar-refractivity contribution in [1.82, 2.24) is 0 Å². The van der Waals surface area contributed by atoms with Crippen molar-refractivity contribution in [3.8, 4) is 0 Å². The van der Waals surface area contributed by atoms with Gasteiger partial charge in [-0.1, -0.05) is 13.3 Å². The van der Waals surface area contributed by atoms with E-state index in [9.17, 15) is 4.79 Å². The highest BCUT2D eigenvalue weighted by atomic mass is 16.6. The lowest BCUT2D eigenvalue weighted by Gasteiger charge is -2.25. The van der Waals surface area contributed by atoms with E-state index in [-0.39, 0.29) is 12.0 Å². The van der Waals surface area contributed by atoms with Crippen LogP contribution in [0.2, 0.25) is 0 Å². The Labute approximate surface area is 59.5 Å². The summed E-state index contributed by atoms with van der Waals surface area (Å²) in [5.41, 5.74) is 4.63. The molecule has 2 unspecified atom stereocenters. The van der Waals surface area contributed by atoms with Crippen molar-refractivity contribution in [3.05, 3.63) is 0 Å². The van der Waals surface area contributed by atoms with Crippen LogP contribution < -0.4 is 5.73 Å². The minimum Gasteiger partial charge on any atom is -0.367 e. The number of hydrogen-bond acceptors (Lipinski definition) is 2. The molecule has 0 spiro atoms. The summed E-state index contributed by atoms with van der Waals surface area (Å²) in [5.74, 6) is 0.315. The van der Waals surface area contributed by atoms with Gasteiger partial charge >= 0.3 is 0 Å². The Morgan fingerprint density at radius 1 is 1.90 bits per heavy atom. The fraction of sp³-hybridized carbons (Fsp3) is 0.857. The van der Waals surface area contributed by atoms with Crippen LogP contribution in [0.5, 0.6) is 0 Å². The highest BCUT2D eigenvalue weighted by molar-refractivity contribution is 5.88. The maximum Gasteiger partial charge on any atom is 0.252 e. The molecule has 0 aromatic rings. The van der Waals surface area contributed by atoms with Gasteiger partial charge in [0.15, 0.2) is 5.60 Å². The summed E-state index contributed by atoms with van der Waals surface area (Å²) in [6, 6.07) is 0. The molecule has 56 valence electrons. The normalized spacial score (nSPS) is 49.3. The first-order valence-electron chi connectivity index (χ1n) is 3.68. The van der Waals surface area contributed by atoms with E-state index >= 15 is 0 Å². The Bertz CT molecular complexity index is 192. The van der Waals surface area contributed by atoms with Crippen LogP contribution in [-0.2, 0) is 9.53 Å². The highest BCUT2D eigenvalue weighted by Gasteiger charge is 2.73. The van der Waals surface area contributed by atoms with Gasteiger partial charge in [0, 0.05) is 0 Å². The van der Waals surface area contributed by atoms with Gasteiger partial charge in [0.05, 0.1) is 0 Å². The number of primary amides is 1. The van der Waals surface area contributed by atoms with Gasteiger partial charge < -0.3 is 10.5 Å². The summed E-state index contributed by atoms with van der Waals surface area (Å²) in [4.78, 5) is 10.7. The predicted molar refractivity (Wildman–Crippen MR) is 35.2 cm³/mol. The summed E-state index contributed by atoms with van der Waals surface area (Å²) in [5, 5.41) is 0. The van der Waals surface area contributed by atoms with Crippen LogP contribution in [-0.4, -0.2) is 17.6 Å². The molecule has 2 aliphatic rings. The molecule has 3 atom stereocenters. The van der Waals surface area contributed by atoms with Gasteiger partial charge in [-0.15, -0.1) is 0 Å². The van der Waals surface area contributed by atoms with Gasteiger partial charge in [-0.2, -0.15) is 0 Å². The maximum atomic E-state index is 10.7. The average molecular weight is 141 g/mol. The Morgan fingerprint density at radius 3 is 2.90 bits per heavy atom. The summed E-state index contributed by atoms with van der Waals surface area (Å²) < 4.78 is 5.21. The molecule has 2 rings (SSSR count). The topological polar surface area (TPSA) is 55.6 Å². The molecule has 2 N–H and O–H groups in total. The fourth-order valence-corrected chi connectivity index (χ4v) is 1.83. The maximum absolute atomic E-state index is 10.7. The molecule has 1 heterocycles. The lowest BCUT2D eigenvalue weighted by molar-refractivity contribution is -0.124. The third-order valence-electron chi connectivity index (χ3n) is 2.67. The molecular weight excluding hydrogens is 130 g/mol. The fourth-order valence-electron chi connectivity index (χ4n) is 1.83. The largest absolute Gasteiger partial charge is 0.367 e. The van der Waals surface area contributed by atoms with Crippen LogP contribution in [0.15, 0.2) is 0 Å². The van der Waals surface area contributed by atoms with Gasteiger partial charge in [-0.3, -0.25) is 4.79 Å². The number of amides is 1. The van der Waals surface area contributed by atoms with E-state index in [4.69, 9.17) is 10.5 Å². The van der Waals surface area contributed by atoms with Crippen molar-refractivity contribution in [2.75, 3.05) is 0 Å². The second kappa shape index (κ2) is 1.53. The lowest BCUT2D eigenvalue weighted by Crippen LogP contribution is -2.45. The molecule has 1 saturated heterocycles. The second-order valence-corrected chi connectivity index (χ2v) is 3.16. The molecule has 1 aliphatic carbocycles. The number of ether oxygens (including phenoxy) is 1. The van der Waals surface area contributed by atoms with Crippen molar-refractivity contribution >= 4 is 5.91 Å². The van der Waals surface area contributed by atoms with E-state index < -0.39 is 5.60 Å². The summed E-state index contributed by atoms with van der Waals surface area (Å²) in [6.45, 7) is 2.11. The SMILES string of the molecule is CCC1CC2(C(N)=O)O[C@H]12. The third-order valence-corrected chi connectivity index (χ3v) is 2.67. The third kappa shape index (κ3) is 0.475. The summed E-state index contributed by atoms with van der Waals surface area (Å²) in [7, 11) is 0. The Kier molecular flexibility index (Phi) is 0.944. The molecule has 0 radical (unpaired) electrons. The van der Waals surface area contributed by atoms with E-state index in [1.807, 2.05) is 0 Å². The molecular formula is C7H11NO2. The zero-order chi connectivity index (χ0) is 7.35. The van der Waals surface area contributed by atoms with Crippen molar-refractivity contribution in [1.29, 1.82) is 0 Å². The summed E-state index contributed by atoms with van der Waals surface area (Å²) in [6.07, 6.45) is 2.12. The van der Waals surface area contributed by atoms with E-state index in [1.165, 1.54) is 0 Å². The van der Waals surface area contributed by atoms with Gasteiger partial charge in [0.2, 0.25) is 0 Å². The van der Waals surface area contributed by atoms with Crippen LogP contribution in [0.25, 0.3) is 0 Å². The Balaban J connectivity index is 2.01. The molecule has 3 nitrogen and oxygen atoms in total. The standard InChI is InChI=1S/C7H11NO2/c1-2-4-3-7(6(8)9)5(4)10-7/h4-5H,2-3H2,1H3,(H2,8,9)/t4?,5-,7?/m1/s1. The average Bonchev–Trinajstić information content (AvgIpc) is 2.40. The van der Waals surface area contributed by atoms with E-state index in [0.717, 1.165) is 12.8 Å². The Hall–Kier alpha value is -0.570. The van der Waals surface area contributed by atoms with Crippen molar-refractivity contribution in [2.24, 2.45) is 11.7 Å². The minimum atomic E-state index is -0.499. The number of nitrogens with two attached hydrogens (primary N) is 1. The smallest absolute Gasteiger partial charge is 0.252 e. The molecule has 2 fully saturated rings. The van der Waals surface area contributed by atoms with Crippen LogP contribution >= 0.6 is 0 Å². The van der Waals surface area contributed by atoms with Crippen molar-refractivity contribution in [2.45, 2.75) is 31.5 Å². The molecule has 0 aromatic heterocycles. The van der Waals surface area contributed by atoms with E-state index in [2.05, 4.69) is 6.92 Å². The molecule has 0 bridgehead atoms. The molecule has 1 amide bonds. The van der Waals surface area contributed by atoms with Gasteiger partial charge in [-0.25, -0.2) is 0 Å². The van der Waals surface area contributed by atoms with Crippen LogP contribution in [0.4, 0.5) is 0 Å². The Morgan fingerprint density at radius 2 is 2.60 bits per heavy atom. The van der Waals surface area contributed by atoms with Crippen molar-refractivity contribution < 1.29 is 9.53 Å². The number of rotatable bonds is 2. The second-order valence-electron chi connectivity index (χ2n) is 3.16. The lowest BCUT2D eigenvalue weighted by atomic mass is 9.73. The quantitative estimate of drug-likeness (QED) is 0.552. The van der Waals surface area contributed by atoms with Crippen LogP contribution in [0.3, 0.4) is 0 Å². The number of fused-ring (bicyclic) bond motifs is 1. The van der Waals surface area contributed by atoms with Gasteiger partial charge in [0.25, 0.3) is 5.91 Å². The molecule has 0 aromatic carbocycles. The zero-order valence-electron chi connectivity index (χ0n) is 5.96. The zero-order valence-corrected chi connectivity index (χ0v) is 5.96. The summed E-state index contributed by atoms with van der Waals surface area (Å²) >= 11 is 0. The van der Waals surface area contributed by atoms with Crippen molar-refractivity contribution in [3.63, 3.8) is 0 Å². The minimum absolute atomic E-state index is 0.176. The van der Waals surface area contributed by atoms with Crippen LogP contribution in [0, 0.1) is 5.92 Å². The van der Waals surface area contributed by atoms with E-state index in [1.54, 1.807) is 0 Å². The highest BCUT2D eigenvalue weighted by Crippen LogP contribution is 2.58. The predicted octanol–water partition coefficient (Wildman–Crippen LogP) is 0.0392. The molecule has 1 aliphatic heterocycles.